The first kappa shape index (κ1) is 17.1. The van der Waals surface area contributed by atoms with Crippen LogP contribution in [0.2, 0.25) is 0 Å². The van der Waals surface area contributed by atoms with Gasteiger partial charge in [0.05, 0.1) is 0 Å². The van der Waals surface area contributed by atoms with Gasteiger partial charge in [0.2, 0.25) is 5.89 Å². The third-order valence-electron chi connectivity index (χ3n) is 4.56. The largest absolute Gasteiger partial charge is 0.459 e. The van der Waals surface area contributed by atoms with Gasteiger partial charge in [-0.15, -0.1) is 0 Å². The molecule has 0 saturated carbocycles. The summed E-state index contributed by atoms with van der Waals surface area (Å²) in [7, 11) is 0. The van der Waals surface area contributed by atoms with Gasteiger partial charge in [0.25, 0.3) is 0 Å². The zero-order chi connectivity index (χ0) is 18.6. The Kier molecular flexibility index (Phi) is 4.75. The van der Waals surface area contributed by atoms with Crippen LogP contribution >= 0.6 is 0 Å². The molecule has 0 atom stereocenters. The maximum atomic E-state index is 12.1. The van der Waals surface area contributed by atoms with Crippen LogP contribution in [-0.2, 0) is 22.6 Å². The van der Waals surface area contributed by atoms with Crippen LogP contribution < -0.4 is 0 Å². The molecule has 0 bridgehead atoms. The summed E-state index contributed by atoms with van der Waals surface area (Å²) in [5.41, 5.74) is 3.74. The Hall–Kier alpha value is -3.34. The molecule has 5 heteroatoms. The van der Waals surface area contributed by atoms with Crippen LogP contribution in [0.5, 0.6) is 0 Å². The number of hydrogen-bond donors (Lipinski definition) is 1. The lowest BCUT2D eigenvalue weighted by Gasteiger charge is -2.03. The van der Waals surface area contributed by atoms with Crippen molar-refractivity contribution in [2.45, 2.75) is 26.4 Å². The number of oxazole rings is 1. The van der Waals surface area contributed by atoms with Gasteiger partial charge in [-0.25, -0.2) is 4.98 Å². The number of ether oxygens (including phenoxy) is 1. The molecule has 0 saturated heterocycles. The van der Waals surface area contributed by atoms with Crippen molar-refractivity contribution in [1.82, 2.24) is 9.97 Å². The lowest BCUT2D eigenvalue weighted by atomic mass is 10.1. The second kappa shape index (κ2) is 7.50. The van der Waals surface area contributed by atoms with E-state index in [2.05, 4.69) is 16.0 Å². The normalized spacial score (nSPS) is 11.0. The van der Waals surface area contributed by atoms with E-state index in [0.717, 1.165) is 22.0 Å². The van der Waals surface area contributed by atoms with E-state index in [1.54, 1.807) is 0 Å². The molecule has 0 aliphatic heterocycles. The molecule has 1 N–H and O–H groups in total. The van der Waals surface area contributed by atoms with Crippen molar-refractivity contribution in [2.24, 2.45) is 0 Å². The number of fused-ring (bicyclic) bond motifs is 1. The van der Waals surface area contributed by atoms with Crippen LogP contribution in [0.25, 0.3) is 22.4 Å². The summed E-state index contributed by atoms with van der Waals surface area (Å²) >= 11 is 0. The van der Waals surface area contributed by atoms with Gasteiger partial charge < -0.3 is 14.1 Å². The highest BCUT2D eigenvalue weighted by atomic mass is 16.5. The summed E-state index contributed by atoms with van der Waals surface area (Å²) in [6.45, 7) is 1.95. The van der Waals surface area contributed by atoms with E-state index in [1.807, 2.05) is 61.7 Å². The molecule has 0 fully saturated rings. The third kappa shape index (κ3) is 3.77. The van der Waals surface area contributed by atoms with Crippen molar-refractivity contribution >= 4 is 16.9 Å². The zero-order valence-electron chi connectivity index (χ0n) is 15.1. The molecule has 136 valence electrons. The van der Waals surface area contributed by atoms with Crippen molar-refractivity contribution < 1.29 is 13.9 Å². The molecule has 0 aliphatic carbocycles. The zero-order valence-corrected chi connectivity index (χ0v) is 15.1. The van der Waals surface area contributed by atoms with Crippen molar-refractivity contribution in [3.63, 3.8) is 0 Å². The van der Waals surface area contributed by atoms with Gasteiger partial charge in [-0.05, 0) is 37.1 Å². The molecule has 0 radical (unpaired) electrons. The molecule has 4 aromatic rings. The fraction of sp³-hybridized carbons (Fsp3) is 0.182. The van der Waals surface area contributed by atoms with Gasteiger partial charge >= 0.3 is 5.97 Å². The van der Waals surface area contributed by atoms with E-state index < -0.39 is 0 Å². The first-order valence-electron chi connectivity index (χ1n) is 8.93. The first-order valence-corrected chi connectivity index (χ1v) is 8.93. The van der Waals surface area contributed by atoms with Crippen LogP contribution in [0.1, 0.15) is 23.4 Å². The van der Waals surface area contributed by atoms with Crippen molar-refractivity contribution in [3.8, 4) is 11.5 Å². The minimum Gasteiger partial charge on any atom is -0.459 e. The lowest BCUT2D eigenvalue weighted by Crippen LogP contribution is -2.06. The molecule has 2 heterocycles. The number of rotatable bonds is 6. The monoisotopic (exact) mass is 360 g/mol. The van der Waals surface area contributed by atoms with E-state index in [1.165, 1.54) is 0 Å². The van der Waals surface area contributed by atoms with Gasteiger partial charge in [0.1, 0.15) is 18.1 Å². The van der Waals surface area contributed by atoms with Crippen LogP contribution in [0.4, 0.5) is 0 Å². The molecular weight excluding hydrogens is 340 g/mol. The molecule has 0 amide bonds. The van der Waals surface area contributed by atoms with Gasteiger partial charge in [-0.1, -0.05) is 36.4 Å². The van der Waals surface area contributed by atoms with E-state index in [0.29, 0.717) is 30.2 Å². The standard InChI is InChI=1S/C22H20N2O3/c1-15-20(24-22(27-15)16-7-3-2-4-8-16)14-26-21(25)12-11-17-13-23-19-10-6-5-9-18(17)19/h2-10,13,23H,11-12,14H2,1H3. The Bertz CT molecular complexity index is 1060. The molecule has 0 unspecified atom stereocenters. The Labute approximate surface area is 157 Å². The number of nitrogens with one attached hydrogen (secondary N) is 1. The molecule has 4 rings (SSSR count). The number of carbonyl (C=O) groups is 1. The predicted molar refractivity (Wildman–Crippen MR) is 103 cm³/mol. The minimum absolute atomic E-state index is 0.120. The summed E-state index contributed by atoms with van der Waals surface area (Å²) < 4.78 is 11.1. The lowest BCUT2D eigenvalue weighted by molar-refractivity contribution is -0.145. The second-order valence-electron chi connectivity index (χ2n) is 6.41. The highest BCUT2D eigenvalue weighted by Crippen LogP contribution is 2.22. The van der Waals surface area contributed by atoms with E-state index >= 15 is 0 Å². The Morgan fingerprint density at radius 1 is 1.11 bits per heavy atom. The Balaban J connectivity index is 1.35. The van der Waals surface area contributed by atoms with Crippen LogP contribution in [0, 0.1) is 6.92 Å². The number of aryl methyl sites for hydroxylation is 2. The van der Waals surface area contributed by atoms with Crippen LogP contribution in [-0.4, -0.2) is 15.9 Å². The van der Waals surface area contributed by atoms with E-state index in [4.69, 9.17) is 9.15 Å². The molecule has 27 heavy (non-hydrogen) atoms. The van der Waals surface area contributed by atoms with Crippen molar-refractivity contribution in [3.05, 3.63) is 77.8 Å². The molecule has 2 aromatic heterocycles. The quantitative estimate of drug-likeness (QED) is 0.501. The Morgan fingerprint density at radius 3 is 2.74 bits per heavy atom. The molecule has 0 aliphatic rings. The van der Waals surface area contributed by atoms with Crippen molar-refractivity contribution in [2.75, 3.05) is 0 Å². The number of carbonyl (C=O) groups excluding carboxylic acids is 1. The van der Waals surface area contributed by atoms with E-state index in [9.17, 15) is 4.79 Å². The molecule has 5 nitrogen and oxygen atoms in total. The average molecular weight is 360 g/mol. The summed E-state index contributed by atoms with van der Waals surface area (Å²) in [6, 6.07) is 17.7. The topological polar surface area (TPSA) is 68.1 Å². The van der Waals surface area contributed by atoms with Crippen LogP contribution in [0.15, 0.2) is 65.2 Å². The summed E-state index contributed by atoms with van der Waals surface area (Å²) in [6.07, 6.45) is 2.91. The van der Waals surface area contributed by atoms with Gasteiger partial charge in [-0.3, -0.25) is 4.79 Å². The number of benzene rings is 2. The maximum absolute atomic E-state index is 12.1. The number of para-hydroxylation sites is 1. The van der Waals surface area contributed by atoms with Gasteiger partial charge in [-0.2, -0.15) is 0 Å². The number of aromatic nitrogens is 2. The predicted octanol–water partition coefficient (Wildman–Crippen LogP) is 4.81. The summed E-state index contributed by atoms with van der Waals surface area (Å²) in [5, 5.41) is 1.14. The summed E-state index contributed by atoms with van der Waals surface area (Å²) in [4.78, 5) is 19.8. The number of nitrogens with zero attached hydrogens (tertiary/aromatic N) is 1. The highest BCUT2D eigenvalue weighted by Gasteiger charge is 2.14. The van der Waals surface area contributed by atoms with Gasteiger partial charge in [0, 0.05) is 29.1 Å². The maximum Gasteiger partial charge on any atom is 0.306 e. The second-order valence-corrected chi connectivity index (χ2v) is 6.41. The highest BCUT2D eigenvalue weighted by molar-refractivity contribution is 5.83. The number of H-pyrrole nitrogens is 1. The van der Waals surface area contributed by atoms with E-state index in [-0.39, 0.29) is 12.6 Å². The van der Waals surface area contributed by atoms with Crippen molar-refractivity contribution in [1.29, 1.82) is 0 Å². The fourth-order valence-electron chi connectivity index (χ4n) is 3.06. The first-order chi connectivity index (χ1) is 13.2. The smallest absolute Gasteiger partial charge is 0.306 e. The van der Waals surface area contributed by atoms with Gasteiger partial charge in [0.15, 0.2) is 0 Å². The third-order valence-corrected chi connectivity index (χ3v) is 4.56. The molecular formula is C22H20N2O3. The SMILES string of the molecule is Cc1oc(-c2ccccc2)nc1COC(=O)CCc1c[nH]c2ccccc12. The van der Waals surface area contributed by atoms with Crippen LogP contribution in [0.3, 0.4) is 0 Å². The number of hydrogen-bond acceptors (Lipinski definition) is 4. The average Bonchev–Trinajstić information content (AvgIpc) is 3.29. The minimum atomic E-state index is -0.246. The molecule has 0 spiro atoms. The Morgan fingerprint density at radius 2 is 1.89 bits per heavy atom. The number of esters is 1. The fourth-order valence-corrected chi connectivity index (χ4v) is 3.06. The molecule has 2 aromatic carbocycles. The summed E-state index contributed by atoms with van der Waals surface area (Å²) in [5.74, 6) is 0.958. The number of aromatic amines is 1.